The molecule has 54 heavy (non-hydrogen) atoms. The first kappa shape index (κ1) is 37.8. The second-order valence-electron chi connectivity index (χ2n) is 11.6. The van der Waals surface area contributed by atoms with Crippen LogP contribution in [0.5, 0.6) is 11.5 Å². The van der Waals surface area contributed by atoms with E-state index in [4.69, 9.17) is 0 Å². The monoisotopic (exact) mass is 814 g/mol. The zero-order valence-corrected chi connectivity index (χ0v) is 30.3. The Bertz CT molecular complexity index is 2740. The number of sulfonamides is 2. The predicted molar refractivity (Wildman–Crippen MR) is 198 cm³/mol. The van der Waals surface area contributed by atoms with Crippen molar-refractivity contribution in [2.24, 2.45) is 0 Å². The average Bonchev–Trinajstić information content (AvgIpc) is 3.06. The van der Waals surface area contributed by atoms with Crippen LogP contribution in [0.15, 0.2) is 129 Å². The fourth-order valence-electron chi connectivity index (χ4n) is 5.23. The number of nitrogens with one attached hydrogen (secondary N) is 4. The molecule has 0 aliphatic carbocycles. The third-order valence-corrected chi connectivity index (χ3v) is 12.3. The lowest BCUT2D eigenvalue weighted by Gasteiger charge is -2.12. The van der Waals surface area contributed by atoms with Crippen molar-refractivity contribution in [1.29, 1.82) is 0 Å². The third kappa shape index (κ3) is 8.30. The Hall–Kier alpha value is -5.97. The van der Waals surface area contributed by atoms with Crippen molar-refractivity contribution >= 4 is 90.6 Å². The number of urea groups is 1. The van der Waals surface area contributed by atoms with E-state index in [2.05, 4.69) is 20.1 Å². The molecule has 0 spiro atoms. The predicted octanol–water partition coefficient (Wildman–Crippen LogP) is 5.14. The Labute approximate surface area is 307 Å². The molecule has 0 fully saturated rings. The van der Waals surface area contributed by atoms with Gasteiger partial charge in [0.05, 0.1) is 9.79 Å². The minimum absolute atomic E-state index is 0.0895. The van der Waals surface area contributed by atoms with Crippen LogP contribution >= 0.6 is 0 Å². The summed E-state index contributed by atoms with van der Waals surface area (Å²) in [6, 6.07) is 21.9. The number of hydrogen-bond acceptors (Lipinski definition) is 11. The van der Waals surface area contributed by atoms with E-state index in [0.29, 0.717) is 10.8 Å². The standard InChI is InChI=1S/C33H26N4O13S4/c38-29-15-21-13-25(3-1-19(21)17-31(29)53(45,46)47)36-51(41,42)27-9-5-23(6-10-27)34-33(40)35-24-7-11-28(12-8-24)52(43,44)37-26-4-2-20-18-32(54(48,49)50)30(39)16-22(20)14-26/h1-18,36-39H,(H2,34,35,40)(H,45,46,47)(H,48,49,50). The molecule has 0 saturated carbocycles. The van der Waals surface area contributed by atoms with Gasteiger partial charge in [-0.3, -0.25) is 18.5 Å². The van der Waals surface area contributed by atoms with E-state index in [9.17, 15) is 57.8 Å². The molecule has 2 amide bonds. The molecule has 0 saturated heterocycles. The average molecular weight is 815 g/mol. The lowest BCUT2D eigenvalue weighted by Crippen LogP contribution is -2.20. The Kier molecular flexibility index (Phi) is 9.64. The highest BCUT2D eigenvalue weighted by Crippen LogP contribution is 2.32. The second-order valence-corrected chi connectivity index (χ2v) is 17.7. The van der Waals surface area contributed by atoms with E-state index in [1.54, 1.807) is 0 Å². The van der Waals surface area contributed by atoms with Gasteiger partial charge in [-0.25, -0.2) is 21.6 Å². The van der Waals surface area contributed by atoms with Gasteiger partial charge in [0, 0.05) is 22.7 Å². The largest absolute Gasteiger partial charge is 0.506 e. The summed E-state index contributed by atoms with van der Waals surface area (Å²) >= 11 is 0. The number of carbonyl (C=O) groups is 1. The molecule has 0 atom stereocenters. The summed E-state index contributed by atoms with van der Waals surface area (Å²) in [5.74, 6) is -1.44. The summed E-state index contributed by atoms with van der Waals surface area (Å²) in [7, 11) is -17.7. The molecule has 280 valence electrons. The molecule has 6 rings (SSSR count). The smallest absolute Gasteiger partial charge is 0.323 e. The molecule has 6 aromatic rings. The van der Waals surface area contributed by atoms with Crippen LogP contribution in [-0.2, 0) is 40.3 Å². The van der Waals surface area contributed by atoms with Crippen LogP contribution in [0.4, 0.5) is 27.5 Å². The van der Waals surface area contributed by atoms with E-state index in [0.717, 1.165) is 24.3 Å². The molecule has 0 unspecified atom stereocenters. The van der Waals surface area contributed by atoms with Gasteiger partial charge in [0.25, 0.3) is 40.3 Å². The van der Waals surface area contributed by atoms with Gasteiger partial charge in [0.1, 0.15) is 21.3 Å². The molecule has 0 aliphatic rings. The quantitative estimate of drug-likeness (QED) is 0.0833. The first-order valence-electron chi connectivity index (χ1n) is 15.0. The molecule has 0 radical (unpaired) electrons. The summed E-state index contributed by atoms with van der Waals surface area (Å²) in [5.41, 5.74) is 0.602. The van der Waals surface area contributed by atoms with Gasteiger partial charge in [-0.2, -0.15) is 16.8 Å². The van der Waals surface area contributed by atoms with Crippen LogP contribution in [0.25, 0.3) is 21.5 Å². The fraction of sp³-hybridized carbons (Fsp3) is 0. The van der Waals surface area contributed by atoms with Crippen LogP contribution in [0.3, 0.4) is 0 Å². The van der Waals surface area contributed by atoms with E-state index < -0.39 is 67.6 Å². The summed E-state index contributed by atoms with van der Waals surface area (Å²) in [6.07, 6.45) is 0. The molecule has 0 aromatic heterocycles. The van der Waals surface area contributed by atoms with E-state index in [1.165, 1.54) is 84.9 Å². The van der Waals surface area contributed by atoms with Crippen molar-refractivity contribution in [1.82, 2.24) is 0 Å². The summed E-state index contributed by atoms with van der Waals surface area (Å²) in [6.45, 7) is 0. The van der Waals surface area contributed by atoms with Crippen molar-refractivity contribution in [2.45, 2.75) is 19.6 Å². The fourth-order valence-corrected chi connectivity index (χ4v) is 8.52. The lowest BCUT2D eigenvalue weighted by molar-refractivity contribution is 0.262. The number of phenols is 2. The first-order valence-corrected chi connectivity index (χ1v) is 20.8. The highest BCUT2D eigenvalue weighted by atomic mass is 32.2. The first-order chi connectivity index (χ1) is 25.2. The number of anilines is 4. The number of aromatic hydroxyl groups is 2. The number of amides is 2. The van der Waals surface area contributed by atoms with Crippen molar-refractivity contribution in [3.63, 3.8) is 0 Å². The zero-order valence-electron chi connectivity index (χ0n) is 27.0. The van der Waals surface area contributed by atoms with Crippen LogP contribution < -0.4 is 20.1 Å². The van der Waals surface area contributed by atoms with Gasteiger partial charge >= 0.3 is 6.03 Å². The van der Waals surface area contributed by atoms with E-state index >= 15 is 0 Å². The number of rotatable bonds is 10. The lowest BCUT2D eigenvalue weighted by atomic mass is 10.1. The van der Waals surface area contributed by atoms with Gasteiger partial charge < -0.3 is 20.8 Å². The minimum atomic E-state index is -4.69. The Morgan fingerprint density at radius 1 is 0.426 bits per heavy atom. The number of fused-ring (bicyclic) bond motifs is 2. The van der Waals surface area contributed by atoms with Gasteiger partial charge in [0.2, 0.25) is 0 Å². The molecule has 8 N–H and O–H groups in total. The third-order valence-electron chi connectivity index (χ3n) is 7.74. The Morgan fingerprint density at radius 2 is 0.759 bits per heavy atom. The van der Waals surface area contributed by atoms with Crippen LogP contribution in [0.2, 0.25) is 0 Å². The topological polar surface area (TPSA) is 283 Å². The second kappa shape index (κ2) is 13.8. The van der Waals surface area contributed by atoms with Gasteiger partial charge in [0.15, 0.2) is 0 Å². The van der Waals surface area contributed by atoms with Gasteiger partial charge in [-0.15, -0.1) is 0 Å². The molecular formula is C33H26N4O13S4. The van der Waals surface area contributed by atoms with Crippen molar-refractivity contribution in [2.75, 3.05) is 20.1 Å². The van der Waals surface area contributed by atoms with Crippen molar-refractivity contribution in [3.05, 3.63) is 109 Å². The van der Waals surface area contributed by atoms with Crippen LogP contribution in [0, 0.1) is 0 Å². The molecule has 17 nitrogen and oxygen atoms in total. The maximum absolute atomic E-state index is 13.0. The highest BCUT2D eigenvalue weighted by Gasteiger charge is 2.20. The zero-order chi connectivity index (χ0) is 39.2. The molecular weight excluding hydrogens is 789 g/mol. The maximum Gasteiger partial charge on any atom is 0.323 e. The maximum atomic E-state index is 13.0. The van der Waals surface area contributed by atoms with Crippen molar-refractivity contribution in [3.8, 4) is 11.5 Å². The summed E-state index contributed by atoms with van der Waals surface area (Å²) in [4.78, 5) is 10.9. The minimum Gasteiger partial charge on any atom is -0.506 e. The van der Waals surface area contributed by atoms with Crippen LogP contribution in [0.1, 0.15) is 0 Å². The van der Waals surface area contributed by atoms with Gasteiger partial charge in [-0.05, 0) is 119 Å². The van der Waals surface area contributed by atoms with Gasteiger partial charge in [-0.1, -0.05) is 12.1 Å². The van der Waals surface area contributed by atoms with E-state index in [-0.39, 0.29) is 43.3 Å². The number of carbonyl (C=O) groups excluding carboxylic acids is 1. The molecule has 21 heteroatoms. The van der Waals surface area contributed by atoms with Crippen LogP contribution in [-0.4, -0.2) is 59.0 Å². The normalized spacial score (nSPS) is 12.3. The number of hydrogen-bond donors (Lipinski definition) is 8. The molecule has 0 bridgehead atoms. The SMILES string of the molecule is O=C(Nc1ccc(S(=O)(=O)Nc2ccc3cc(S(=O)(=O)O)c(O)cc3c2)cc1)Nc1ccc(S(=O)(=O)Nc2ccc3cc(S(=O)(=O)O)c(O)cc3c2)cc1. The van der Waals surface area contributed by atoms with Crippen molar-refractivity contribution < 1.29 is 57.8 Å². The summed E-state index contributed by atoms with van der Waals surface area (Å²) < 4.78 is 121. The summed E-state index contributed by atoms with van der Waals surface area (Å²) in [5, 5.41) is 26.2. The number of benzene rings is 6. The number of phenolic OH excluding ortho intramolecular Hbond substituents is 2. The molecule has 0 heterocycles. The Morgan fingerprint density at radius 3 is 1.09 bits per heavy atom. The molecule has 6 aromatic carbocycles. The van der Waals surface area contributed by atoms with E-state index in [1.807, 2.05) is 0 Å². The Balaban J connectivity index is 1.07. The highest BCUT2D eigenvalue weighted by molar-refractivity contribution is 7.93. The molecule has 0 aliphatic heterocycles.